The second-order valence-electron chi connectivity index (χ2n) is 7.74. The number of aliphatic hydroxyl groups is 1. The van der Waals surface area contributed by atoms with E-state index in [-0.39, 0.29) is 17.7 Å². The second kappa shape index (κ2) is 7.38. The number of anilines is 1. The first kappa shape index (κ1) is 19.8. The predicted octanol–water partition coefficient (Wildman–Crippen LogP) is 2.11. The highest BCUT2D eigenvalue weighted by molar-refractivity contribution is 5.96. The number of amides is 1. The molecule has 8 nitrogen and oxygen atoms in total. The van der Waals surface area contributed by atoms with Crippen molar-refractivity contribution in [3.05, 3.63) is 75.7 Å². The summed E-state index contributed by atoms with van der Waals surface area (Å²) < 4.78 is 5.31. The molecule has 0 saturated heterocycles. The van der Waals surface area contributed by atoms with Crippen LogP contribution in [0.1, 0.15) is 29.7 Å². The molecule has 3 aromatic rings. The fourth-order valence-corrected chi connectivity index (χ4v) is 4.30. The molecule has 0 unspecified atom stereocenters. The number of methoxy groups -OCH3 is 1. The molecule has 8 heteroatoms. The van der Waals surface area contributed by atoms with Crippen LogP contribution in [-0.2, 0) is 11.2 Å². The number of aromatic amines is 2. The fourth-order valence-electron chi connectivity index (χ4n) is 4.30. The lowest BCUT2D eigenvalue weighted by Crippen LogP contribution is -2.51. The van der Waals surface area contributed by atoms with Crippen LogP contribution in [0.25, 0.3) is 0 Å². The summed E-state index contributed by atoms with van der Waals surface area (Å²) in [6.07, 6.45) is 0.111. The van der Waals surface area contributed by atoms with Crippen molar-refractivity contribution in [1.82, 2.24) is 10.2 Å². The van der Waals surface area contributed by atoms with Crippen molar-refractivity contribution in [3.63, 3.8) is 0 Å². The lowest BCUT2D eigenvalue weighted by Gasteiger charge is -2.41. The van der Waals surface area contributed by atoms with Gasteiger partial charge in [0.25, 0.3) is 5.56 Å². The van der Waals surface area contributed by atoms with E-state index in [1.165, 1.54) is 19.2 Å². The van der Waals surface area contributed by atoms with Crippen LogP contribution in [0.15, 0.2) is 53.3 Å². The summed E-state index contributed by atoms with van der Waals surface area (Å²) in [7, 11) is 1.51. The number of aromatic nitrogens is 2. The number of fused-ring (bicyclic) bond motifs is 1. The number of aromatic hydroxyl groups is 1. The molecule has 1 aliphatic carbocycles. The minimum absolute atomic E-state index is 0.0690. The van der Waals surface area contributed by atoms with Crippen LogP contribution >= 0.6 is 0 Å². The van der Waals surface area contributed by atoms with Gasteiger partial charge in [-0.05, 0) is 36.8 Å². The zero-order valence-corrected chi connectivity index (χ0v) is 16.6. The van der Waals surface area contributed by atoms with Crippen molar-refractivity contribution in [3.8, 4) is 11.5 Å². The van der Waals surface area contributed by atoms with Crippen molar-refractivity contribution >= 4 is 11.6 Å². The lowest BCUT2D eigenvalue weighted by atomic mass is 9.66. The summed E-state index contributed by atoms with van der Waals surface area (Å²) >= 11 is 0. The Kier molecular flexibility index (Phi) is 4.87. The van der Waals surface area contributed by atoms with Crippen molar-refractivity contribution in [2.24, 2.45) is 5.92 Å². The molecule has 0 spiro atoms. The number of carbonyl (C=O) groups is 1. The maximum absolute atomic E-state index is 13.4. The van der Waals surface area contributed by atoms with Crippen molar-refractivity contribution in [1.29, 1.82) is 0 Å². The number of hydrogen-bond donors (Lipinski definition) is 5. The summed E-state index contributed by atoms with van der Waals surface area (Å²) in [4.78, 5) is 26.0. The van der Waals surface area contributed by atoms with E-state index in [2.05, 4.69) is 15.5 Å². The first-order chi connectivity index (χ1) is 14.3. The number of rotatable bonds is 4. The van der Waals surface area contributed by atoms with Gasteiger partial charge in [-0.25, -0.2) is 0 Å². The highest BCUT2D eigenvalue weighted by atomic mass is 16.5. The molecular weight excluding hydrogens is 386 g/mol. The van der Waals surface area contributed by atoms with Gasteiger partial charge in [0.15, 0.2) is 0 Å². The Morgan fingerprint density at radius 1 is 1.17 bits per heavy atom. The van der Waals surface area contributed by atoms with Gasteiger partial charge in [0.1, 0.15) is 11.5 Å². The van der Waals surface area contributed by atoms with Gasteiger partial charge in [-0.2, -0.15) is 0 Å². The van der Waals surface area contributed by atoms with E-state index in [1.807, 2.05) is 0 Å². The molecule has 4 rings (SSSR count). The first-order valence-corrected chi connectivity index (χ1v) is 9.56. The topological polar surface area (TPSA) is 127 Å². The van der Waals surface area contributed by atoms with Gasteiger partial charge in [-0.3, -0.25) is 14.7 Å². The summed E-state index contributed by atoms with van der Waals surface area (Å²) in [5, 5.41) is 29.2. The Morgan fingerprint density at radius 3 is 2.57 bits per heavy atom. The second-order valence-corrected chi connectivity index (χ2v) is 7.74. The van der Waals surface area contributed by atoms with Gasteiger partial charge in [0.2, 0.25) is 5.91 Å². The number of H-pyrrole nitrogens is 2. The summed E-state index contributed by atoms with van der Waals surface area (Å²) in [6.45, 7) is 1.58. The number of phenolic OH excluding ortho intramolecular Hbond substituents is 1. The smallest absolute Gasteiger partial charge is 0.267 e. The third-order valence-corrected chi connectivity index (χ3v) is 5.65. The standard InChI is InChI=1S/C22H23N3O5/c1-22(29)11-15-18(20(27)25-24-15)17(12-7-9-13(26)10-8-12)19(22)21(28)23-14-5-3-4-6-16(14)30-2/h3-10,17,19,26,29H,11H2,1-2H3,(H,23,28)(H2,24,25,27)/t17-,19-,22-/m0/s1. The highest BCUT2D eigenvalue weighted by Gasteiger charge is 2.50. The third kappa shape index (κ3) is 3.35. The number of benzene rings is 2. The van der Waals surface area contributed by atoms with Gasteiger partial charge < -0.3 is 25.4 Å². The van der Waals surface area contributed by atoms with Gasteiger partial charge >= 0.3 is 0 Å². The largest absolute Gasteiger partial charge is 0.508 e. The molecule has 0 fully saturated rings. The number of carbonyl (C=O) groups excluding carboxylic acids is 1. The number of ether oxygens (including phenoxy) is 1. The third-order valence-electron chi connectivity index (χ3n) is 5.65. The van der Waals surface area contributed by atoms with E-state index in [0.717, 1.165) is 0 Å². The van der Waals surface area contributed by atoms with Crippen LogP contribution in [0.3, 0.4) is 0 Å². The minimum atomic E-state index is -1.44. The van der Waals surface area contributed by atoms with E-state index >= 15 is 0 Å². The minimum Gasteiger partial charge on any atom is -0.508 e. The zero-order chi connectivity index (χ0) is 21.5. The van der Waals surface area contributed by atoms with Crippen molar-refractivity contribution in [2.75, 3.05) is 12.4 Å². The Balaban J connectivity index is 1.82. The summed E-state index contributed by atoms with van der Waals surface area (Å²) in [6, 6.07) is 13.3. The fraction of sp³-hybridized carbons (Fsp3) is 0.273. The van der Waals surface area contributed by atoms with Gasteiger partial charge in [-0.15, -0.1) is 0 Å². The average Bonchev–Trinajstić information content (AvgIpc) is 3.07. The predicted molar refractivity (Wildman–Crippen MR) is 111 cm³/mol. The number of para-hydroxylation sites is 2. The molecule has 1 amide bonds. The Bertz CT molecular complexity index is 1130. The van der Waals surface area contributed by atoms with Crippen LogP contribution in [0.5, 0.6) is 11.5 Å². The number of phenols is 1. The molecule has 3 atom stereocenters. The molecule has 5 N–H and O–H groups in total. The van der Waals surface area contributed by atoms with Crippen LogP contribution in [0.4, 0.5) is 5.69 Å². The van der Waals surface area contributed by atoms with Crippen LogP contribution in [-0.4, -0.2) is 39.0 Å². The molecule has 0 saturated carbocycles. The highest BCUT2D eigenvalue weighted by Crippen LogP contribution is 2.44. The molecule has 0 bridgehead atoms. The van der Waals surface area contributed by atoms with E-state index in [9.17, 15) is 19.8 Å². The van der Waals surface area contributed by atoms with Crippen LogP contribution < -0.4 is 15.6 Å². The van der Waals surface area contributed by atoms with Gasteiger partial charge in [0, 0.05) is 23.6 Å². The molecule has 0 radical (unpaired) electrons. The average molecular weight is 409 g/mol. The van der Waals surface area contributed by atoms with Crippen molar-refractivity contribution < 1.29 is 19.7 Å². The molecule has 2 aromatic carbocycles. The number of nitrogens with one attached hydrogen (secondary N) is 3. The lowest BCUT2D eigenvalue weighted by molar-refractivity contribution is -0.130. The van der Waals surface area contributed by atoms with Gasteiger partial charge in [0.05, 0.1) is 24.3 Å². The first-order valence-electron chi connectivity index (χ1n) is 9.56. The van der Waals surface area contributed by atoms with E-state index < -0.39 is 23.3 Å². The molecule has 1 aliphatic rings. The Morgan fingerprint density at radius 2 is 1.87 bits per heavy atom. The van der Waals surface area contributed by atoms with E-state index in [1.54, 1.807) is 43.3 Å². The Hall–Kier alpha value is -3.52. The monoisotopic (exact) mass is 409 g/mol. The maximum Gasteiger partial charge on any atom is 0.267 e. The molecule has 30 heavy (non-hydrogen) atoms. The molecular formula is C22H23N3O5. The number of hydrogen-bond acceptors (Lipinski definition) is 5. The molecule has 0 aliphatic heterocycles. The molecule has 1 aromatic heterocycles. The maximum atomic E-state index is 13.4. The summed E-state index contributed by atoms with van der Waals surface area (Å²) in [5.41, 5.74) is 0.302. The van der Waals surface area contributed by atoms with E-state index in [0.29, 0.717) is 28.3 Å². The van der Waals surface area contributed by atoms with Crippen LogP contribution in [0, 0.1) is 5.92 Å². The van der Waals surface area contributed by atoms with Crippen LogP contribution in [0.2, 0.25) is 0 Å². The zero-order valence-electron chi connectivity index (χ0n) is 16.6. The van der Waals surface area contributed by atoms with E-state index in [4.69, 9.17) is 4.74 Å². The molecule has 156 valence electrons. The van der Waals surface area contributed by atoms with Crippen molar-refractivity contribution in [2.45, 2.75) is 24.9 Å². The normalized spacial score (nSPS) is 22.9. The SMILES string of the molecule is COc1ccccc1NC(=O)[C@@H]1[C@@H](c2ccc(O)cc2)c2c([nH][nH]c2=O)C[C@]1(C)O. The summed E-state index contributed by atoms with van der Waals surface area (Å²) in [5.74, 6) is -1.55. The van der Waals surface area contributed by atoms with Gasteiger partial charge in [-0.1, -0.05) is 24.3 Å². The molecule has 1 heterocycles. The Labute approximate surface area is 172 Å². The quantitative estimate of drug-likeness (QED) is 0.451.